The lowest BCUT2D eigenvalue weighted by molar-refractivity contribution is -0.118. The van der Waals surface area contributed by atoms with Crippen LogP contribution in [0.3, 0.4) is 0 Å². The van der Waals surface area contributed by atoms with Gasteiger partial charge in [0, 0.05) is 4.47 Å². The predicted octanol–water partition coefficient (Wildman–Crippen LogP) is 4.05. The molecule has 0 fully saturated rings. The Morgan fingerprint density at radius 2 is 2.00 bits per heavy atom. The number of para-hydroxylation sites is 1. The average Bonchev–Trinajstić information content (AvgIpc) is 2.38. The van der Waals surface area contributed by atoms with Crippen LogP contribution in [-0.2, 0) is 4.79 Å². The normalized spacial score (nSPS) is 11.9. The van der Waals surface area contributed by atoms with Crippen LogP contribution < -0.4 is 11.1 Å². The van der Waals surface area contributed by atoms with Crippen LogP contribution in [0.5, 0.6) is 0 Å². The Kier molecular flexibility index (Phi) is 4.68. The van der Waals surface area contributed by atoms with Gasteiger partial charge in [-0.15, -0.1) is 0 Å². The van der Waals surface area contributed by atoms with Gasteiger partial charge in [0.05, 0.1) is 10.7 Å². The van der Waals surface area contributed by atoms with Crippen molar-refractivity contribution in [1.82, 2.24) is 0 Å². The van der Waals surface area contributed by atoms with Gasteiger partial charge < -0.3 is 11.1 Å². The van der Waals surface area contributed by atoms with Gasteiger partial charge in [0.2, 0.25) is 5.91 Å². The molecule has 0 heterocycles. The van der Waals surface area contributed by atoms with E-state index < -0.39 is 11.9 Å². The molecule has 0 aliphatic rings. The zero-order valence-electron chi connectivity index (χ0n) is 10.9. The van der Waals surface area contributed by atoms with Gasteiger partial charge >= 0.3 is 0 Å². The number of anilines is 1. The van der Waals surface area contributed by atoms with Gasteiger partial charge in [-0.3, -0.25) is 4.79 Å². The third-order valence-corrected chi connectivity index (χ3v) is 3.94. The third-order valence-electron chi connectivity index (χ3n) is 2.93. The molecule has 3 N–H and O–H groups in total. The van der Waals surface area contributed by atoms with Crippen LogP contribution in [0.4, 0.5) is 5.69 Å². The summed E-state index contributed by atoms with van der Waals surface area (Å²) < 4.78 is 0.834. The summed E-state index contributed by atoms with van der Waals surface area (Å²) in [6, 6.07) is 12.3. The zero-order chi connectivity index (χ0) is 14.7. The fourth-order valence-electron chi connectivity index (χ4n) is 1.90. The van der Waals surface area contributed by atoms with Gasteiger partial charge in [0.15, 0.2) is 0 Å². The van der Waals surface area contributed by atoms with Gasteiger partial charge in [-0.1, -0.05) is 51.8 Å². The number of hydrogen-bond acceptors (Lipinski definition) is 2. The molecule has 0 saturated heterocycles. The molecule has 0 spiro atoms. The van der Waals surface area contributed by atoms with E-state index in [-0.39, 0.29) is 0 Å². The molecule has 0 aromatic heterocycles. The monoisotopic (exact) mass is 352 g/mol. The van der Waals surface area contributed by atoms with Gasteiger partial charge in [0.1, 0.15) is 6.04 Å². The number of hydrogen-bond donors (Lipinski definition) is 2. The van der Waals surface area contributed by atoms with Crippen LogP contribution in [0.25, 0.3) is 0 Å². The fourth-order valence-corrected chi connectivity index (χ4v) is 2.81. The van der Waals surface area contributed by atoms with Crippen molar-refractivity contribution in [2.75, 3.05) is 5.32 Å². The van der Waals surface area contributed by atoms with E-state index in [1.54, 1.807) is 12.1 Å². The van der Waals surface area contributed by atoms with Gasteiger partial charge in [-0.25, -0.2) is 0 Å². The second-order valence-corrected chi connectivity index (χ2v) is 5.75. The number of nitrogens with two attached hydrogens (primary N) is 1. The highest BCUT2D eigenvalue weighted by Gasteiger charge is 2.21. The predicted molar refractivity (Wildman–Crippen MR) is 85.9 cm³/mol. The lowest BCUT2D eigenvalue weighted by atomic mass is 10.0. The minimum absolute atomic E-state index is 0.463. The molecule has 3 nitrogen and oxygen atoms in total. The van der Waals surface area contributed by atoms with Crippen molar-refractivity contribution in [1.29, 1.82) is 0 Å². The molecule has 0 aliphatic carbocycles. The minimum atomic E-state index is -0.648. The number of aryl methyl sites for hydroxylation is 1. The van der Waals surface area contributed by atoms with E-state index in [4.69, 9.17) is 17.3 Å². The second kappa shape index (κ2) is 6.29. The first-order valence-electron chi connectivity index (χ1n) is 6.05. The van der Waals surface area contributed by atoms with E-state index in [2.05, 4.69) is 21.2 Å². The Labute approximate surface area is 131 Å². The van der Waals surface area contributed by atoms with Crippen LogP contribution >= 0.6 is 27.5 Å². The Balaban J connectivity index is 2.37. The molecule has 5 heteroatoms. The number of benzene rings is 2. The summed E-state index contributed by atoms with van der Waals surface area (Å²) in [4.78, 5) is 11.7. The lowest BCUT2D eigenvalue weighted by Crippen LogP contribution is -2.28. The van der Waals surface area contributed by atoms with E-state index in [0.717, 1.165) is 15.6 Å². The van der Waals surface area contributed by atoms with Crippen molar-refractivity contribution in [3.05, 3.63) is 63.1 Å². The first-order chi connectivity index (χ1) is 9.49. The van der Waals surface area contributed by atoms with Crippen LogP contribution in [0.2, 0.25) is 5.02 Å². The topological polar surface area (TPSA) is 55.1 Å². The van der Waals surface area contributed by atoms with Crippen LogP contribution in [0, 0.1) is 6.92 Å². The Morgan fingerprint density at radius 3 is 2.60 bits per heavy atom. The smallest absolute Gasteiger partial charge is 0.244 e. The van der Waals surface area contributed by atoms with Crippen LogP contribution in [-0.4, -0.2) is 5.91 Å². The van der Waals surface area contributed by atoms with E-state index >= 15 is 0 Å². The molecule has 0 aliphatic heterocycles. The van der Waals surface area contributed by atoms with Gasteiger partial charge in [-0.05, 0) is 36.2 Å². The maximum atomic E-state index is 11.7. The fraction of sp³-hybridized carbons (Fsp3) is 0.133. The molecule has 0 radical (unpaired) electrons. The number of nitrogens with one attached hydrogen (secondary N) is 1. The van der Waals surface area contributed by atoms with Crippen molar-refractivity contribution >= 4 is 39.1 Å². The molecule has 1 atom stereocenters. The number of halogens is 2. The van der Waals surface area contributed by atoms with Crippen LogP contribution in [0.15, 0.2) is 46.9 Å². The maximum absolute atomic E-state index is 11.7. The molecule has 2 aromatic rings. The molecule has 1 amide bonds. The number of rotatable bonds is 4. The zero-order valence-corrected chi connectivity index (χ0v) is 13.2. The quantitative estimate of drug-likeness (QED) is 0.871. The molecule has 0 saturated carbocycles. The molecule has 104 valence electrons. The molecular weight excluding hydrogens is 340 g/mol. The first kappa shape index (κ1) is 14.9. The molecule has 2 rings (SSSR count). The average molecular weight is 354 g/mol. The first-order valence-corrected chi connectivity index (χ1v) is 7.22. The van der Waals surface area contributed by atoms with Crippen molar-refractivity contribution in [2.45, 2.75) is 13.0 Å². The Bertz CT molecular complexity index is 646. The summed E-state index contributed by atoms with van der Waals surface area (Å²) in [6.45, 7) is 1.98. The second-order valence-electron chi connectivity index (χ2n) is 4.48. The summed E-state index contributed by atoms with van der Waals surface area (Å²) in [5.41, 5.74) is 8.06. The van der Waals surface area contributed by atoms with E-state index in [1.807, 2.05) is 37.3 Å². The van der Waals surface area contributed by atoms with E-state index in [1.165, 1.54) is 0 Å². The van der Waals surface area contributed by atoms with Crippen molar-refractivity contribution in [2.24, 2.45) is 5.73 Å². The third kappa shape index (κ3) is 3.32. The van der Waals surface area contributed by atoms with Crippen molar-refractivity contribution in [3.63, 3.8) is 0 Å². The molecule has 20 heavy (non-hydrogen) atoms. The van der Waals surface area contributed by atoms with Crippen molar-refractivity contribution in [3.8, 4) is 0 Å². The Morgan fingerprint density at radius 1 is 1.30 bits per heavy atom. The number of carbonyl (C=O) groups is 1. The highest BCUT2D eigenvalue weighted by Crippen LogP contribution is 2.30. The standard InChI is InChI=1S/C15H14BrClN2O/c1-9-6-7-10(11(16)8-9)14(15(18)20)19-13-5-3-2-4-12(13)17/h2-8,14,19H,1H3,(H2,18,20). The molecule has 0 bridgehead atoms. The number of primary amides is 1. The van der Waals surface area contributed by atoms with Crippen LogP contribution in [0.1, 0.15) is 17.2 Å². The Hall–Kier alpha value is -1.52. The van der Waals surface area contributed by atoms with Gasteiger partial charge in [0.25, 0.3) is 0 Å². The summed E-state index contributed by atoms with van der Waals surface area (Å²) in [5.74, 6) is -0.463. The largest absolute Gasteiger partial charge is 0.369 e. The SMILES string of the molecule is Cc1ccc(C(Nc2ccccc2Cl)C(N)=O)c(Br)c1. The highest BCUT2D eigenvalue weighted by molar-refractivity contribution is 9.10. The molecule has 1 unspecified atom stereocenters. The molecular formula is C15H14BrClN2O. The lowest BCUT2D eigenvalue weighted by Gasteiger charge is -2.19. The molecule has 2 aromatic carbocycles. The van der Waals surface area contributed by atoms with Gasteiger partial charge in [-0.2, -0.15) is 0 Å². The number of carbonyl (C=O) groups excluding carboxylic acids is 1. The summed E-state index contributed by atoms with van der Waals surface area (Å²) in [7, 11) is 0. The number of amides is 1. The summed E-state index contributed by atoms with van der Waals surface area (Å²) >= 11 is 9.57. The maximum Gasteiger partial charge on any atom is 0.244 e. The summed E-state index contributed by atoms with van der Waals surface area (Å²) in [6.07, 6.45) is 0. The van der Waals surface area contributed by atoms with E-state index in [9.17, 15) is 4.79 Å². The van der Waals surface area contributed by atoms with Crippen molar-refractivity contribution < 1.29 is 4.79 Å². The summed E-state index contributed by atoms with van der Waals surface area (Å²) in [5, 5.41) is 3.63. The minimum Gasteiger partial charge on any atom is -0.369 e. The van der Waals surface area contributed by atoms with E-state index in [0.29, 0.717) is 10.7 Å². The highest BCUT2D eigenvalue weighted by atomic mass is 79.9.